The van der Waals surface area contributed by atoms with E-state index in [2.05, 4.69) is 14.7 Å². The Hall–Kier alpha value is -1.83. The third-order valence-electron chi connectivity index (χ3n) is 5.30. The molecule has 1 N–H and O–H groups in total. The Morgan fingerprint density at radius 2 is 2.08 bits per heavy atom. The fourth-order valence-corrected chi connectivity index (χ4v) is 4.71. The fourth-order valence-electron chi connectivity index (χ4n) is 3.91. The summed E-state index contributed by atoms with van der Waals surface area (Å²) in [6, 6.07) is 1.27. The van der Waals surface area contributed by atoms with E-state index in [0.29, 0.717) is 16.8 Å². The molecule has 2 atom stereocenters. The van der Waals surface area contributed by atoms with Gasteiger partial charge in [-0.2, -0.15) is 0 Å². The predicted molar refractivity (Wildman–Crippen MR) is 97.9 cm³/mol. The SMILES string of the molecule is COC(=O)Cc1cc(=O)[nH]c(SCC(=O)N2CC[C@H]3CCCC[C@H]3C2)n1. The van der Waals surface area contributed by atoms with Crippen LogP contribution in [0.25, 0.3) is 0 Å². The number of hydrogen-bond donors (Lipinski definition) is 1. The van der Waals surface area contributed by atoms with Gasteiger partial charge in [-0.25, -0.2) is 4.98 Å². The summed E-state index contributed by atoms with van der Waals surface area (Å²) < 4.78 is 4.60. The van der Waals surface area contributed by atoms with Crippen LogP contribution in [0.5, 0.6) is 0 Å². The summed E-state index contributed by atoms with van der Waals surface area (Å²) in [5.74, 6) is 1.30. The first-order valence-corrected chi connectivity index (χ1v) is 10.1. The van der Waals surface area contributed by atoms with Crippen LogP contribution in [0.3, 0.4) is 0 Å². The zero-order valence-electron chi connectivity index (χ0n) is 15.0. The van der Waals surface area contributed by atoms with Gasteiger partial charge in [-0.3, -0.25) is 14.4 Å². The quantitative estimate of drug-likeness (QED) is 0.475. The number of esters is 1. The second kappa shape index (κ2) is 8.70. The highest BCUT2D eigenvalue weighted by Crippen LogP contribution is 2.36. The first kappa shape index (κ1) is 18.9. The third kappa shape index (κ3) is 4.87. The normalized spacial score (nSPS) is 22.6. The zero-order valence-corrected chi connectivity index (χ0v) is 15.8. The van der Waals surface area contributed by atoms with Crippen molar-refractivity contribution >= 4 is 23.6 Å². The molecule has 0 bridgehead atoms. The molecule has 2 heterocycles. The average molecular weight is 379 g/mol. The molecule has 2 fully saturated rings. The van der Waals surface area contributed by atoms with E-state index in [1.54, 1.807) is 0 Å². The topological polar surface area (TPSA) is 92.4 Å². The maximum absolute atomic E-state index is 12.6. The maximum atomic E-state index is 12.6. The predicted octanol–water partition coefficient (Wildman–Crippen LogP) is 1.62. The van der Waals surface area contributed by atoms with Gasteiger partial charge in [0.15, 0.2) is 5.16 Å². The molecule has 3 rings (SSSR count). The van der Waals surface area contributed by atoms with Crippen molar-refractivity contribution in [2.24, 2.45) is 11.8 Å². The number of amides is 1. The molecular weight excluding hydrogens is 354 g/mol. The van der Waals surface area contributed by atoms with Crippen molar-refractivity contribution in [3.8, 4) is 0 Å². The number of nitrogens with zero attached hydrogens (tertiary/aromatic N) is 2. The number of aromatic nitrogens is 2. The van der Waals surface area contributed by atoms with Crippen LogP contribution in [-0.2, 0) is 20.7 Å². The van der Waals surface area contributed by atoms with E-state index in [1.165, 1.54) is 50.6 Å². The first-order valence-electron chi connectivity index (χ1n) is 9.13. The monoisotopic (exact) mass is 379 g/mol. The van der Waals surface area contributed by atoms with E-state index in [4.69, 9.17) is 0 Å². The van der Waals surface area contributed by atoms with Gasteiger partial charge in [-0.05, 0) is 24.7 Å². The number of thioether (sulfide) groups is 1. The Kier molecular flexibility index (Phi) is 6.34. The Balaban J connectivity index is 1.55. The second-order valence-electron chi connectivity index (χ2n) is 7.02. The summed E-state index contributed by atoms with van der Waals surface area (Å²) in [6.45, 7) is 1.68. The summed E-state index contributed by atoms with van der Waals surface area (Å²) in [7, 11) is 1.29. The molecule has 1 saturated carbocycles. The van der Waals surface area contributed by atoms with Crippen LogP contribution in [-0.4, -0.2) is 52.7 Å². The van der Waals surface area contributed by atoms with Crippen molar-refractivity contribution in [1.29, 1.82) is 0 Å². The summed E-state index contributed by atoms with van der Waals surface area (Å²) in [6.07, 6.45) is 6.18. The van der Waals surface area contributed by atoms with Gasteiger partial charge < -0.3 is 14.6 Å². The molecule has 8 heteroatoms. The first-order chi connectivity index (χ1) is 12.5. The highest BCUT2D eigenvalue weighted by molar-refractivity contribution is 7.99. The minimum Gasteiger partial charge on any atom is -0.469 e. The van der Waals surface area contributed by atoms with Gasteiger partial charge >= 0.3 is 5.97 Å². The number of methoxy groups -OCH3 is 1. The number of ether oxygens (including phenoxy) is 1. The van der Waals surface area contributed by atoms with Crippen molar-refractivity contribution in [2.45, 2.75) is 43.7 Å². The molecule has 0 unspecified atom stereocenters. The molecule has 1 saturated heterocycles. The summed E-state index contributed by atoms with van der Waals surface area (Å²) in [4.78, 5) is 44.4. The molecule has 0 aromatic carbocycles. The van der Waals surface area contributed by atoms with Gasteiger partial charge in [0.2, 0.25) is 5.91 Å². The van der Waals surface area contributed by atoms with Crippen LogP contribution in [0.2, 0.25) is 0 Å². The highest BCUT2D eigenvalue weighted by Gasteiger charge is 2.32. The van der Waals surface area contributed by atoms with Crippen LogP contribution in [0.4, 0.5) is 0 Å². The highest BCUT2D eigenvalue weighted by atomic mass is 32.2. The minimum absolute atomic E-state index is 0.0584. The molecule has 1 amide bonds. The number of carbonyl (C=O) groups is 2. The van der Waals surface area contributed by atoms with Gasteiger partial charge in [0.25, 0.3) is 5.56 Å². The molecule has 142 valence electrons. The van der Waals surface area contributed by atoms with E-state index in [0.717, 1.165) is 25.4 Å². The number of aromatic amines is 1. The molecule has 1 aliphatic carbocycles. The van der Waals surface area contributed by atoms with Gasteiger partial charge in [0.1, 0.15) is 0 Å². The molecule has 1 aromatic rings. The fraction of sp³-hybridized carbons (Fsp3) is 0.667. The number of likely N-dealkylation sites (tertiary alicyclic amines) is 1. The van der Waals surface area contributed by atoms with E-state index in [9.17, 15) is 14.4 Å². The van der Waals surface area contributed by atoms with Crippen molar-refractivity contribution in [2.75, 3.05) is 26.0 Å². The number of fused-ring (bicyclic) bond motifs is 1. The van der Waals surface area contributed by atoms with Crippen molar-refractivity contribution in [1.82, 2.24) is 14.9 Å². The zero-order chi connectivity index (χ0) is 18.5. The molecule has 1 aliphatic heterocycles. The number of H-pyrrole nitrogens is 1. The Morgan fingerprint density at radius 3 is 2.85 bits per heavy atom. The van der Waals surface area contributed by atoms with E-state index < -0.39 is 5.97 Å². The number of rotatable bonds is 5. The average Bonchev–Trinajstić information content (AvgIpc) is 2.65. The summed E-state index contributed by atoms with van der Waals surface area (Å²) >= 11 is 1.20. The molecule has 0 radical (unpaired) electrons. The summed E-state index contributed by atoms with van der Waals surface area (Å²) in [5, 5.41) is 0.359. The Morgan fingerprint density at radius 1 is 1.31 bits per heavy atom. The molecule has 26 heavy (non-hydrogen) atoms. The van der Waals surface area contributed by atoms with Crippen LogP contribution in [0.1, 0.15) is 37.8 Å². The van der Waals surface area contributed by atoms with Crippen molar-refractivity contribution in [3.05, 3.63) is 22.1 Å². The number of piperidine rings is 1. The summed E-state index contributed by atoms with van der Waals surface area (Å²) in [5.41, 5.74) is 0.00967. The van der Waals surface area contributed by atoms with Crippen molar-refractivity contribution < 1.29 is 14.3 Å². The van der Waals surface area contributed by atoms with Crippen LogP contribution < -0.4 is 5.56 Å². The molecule has 2 aliphatic rings. The molecule has 0 spiro atoms. The van der Waals surface area contributed by atoms with Crippen LogP contribution >= 0.6 is 11.8 Å². The van der Waals surface area contributed by atoms with Crippen LogP contribution in [0.15, 0.2) is 16.0 Å². The van der Waals surface area contributed by atoms with Crippen LogP contribution in [0, 0.1) is 11.8 Å². The molecule has 1 aromatic heterocycles. The van der Waals surface area contributed by atoms with Gasteiger partial charge in [0.05, 0.1) is 25.0 Å². The minimum atomic E-state index is -0.453. The third-order valence-corrected chi connectivity index (χ3v) is 6.16. The maximum Gasteiger partial charge on any atom is 0.311 e. The molecular formula is C18H25N3O4S. The van der Waals surface area contributed by atoms with E-state index in [-0.39, 0.29) is 23.6 Å². The standard InChI is InChI=1S/C18H25N3O4S/c1-25-17(24)9-14-8-15(22)20-18(19-14)26-11-16(23)21-7-6-12-4-2-3-5-13(12)10-21/h8,12-13H,2-7,9-11H2,1H3,(H,19,20,22)/t12-,13+/m1/s1. The lowest BCUT2D eigenvalue weighted by Gasteiger charge is -2.41. The van der Waals surface area contributed by atoms with E-state index >= 15 is 0 Å². The van der Waals surface area contributed by atoms with Gasteiger partial charge in [-0.1, -0.05) is 31.0 Å². The number of nitrogens with one attached hydrogen (secondary N) is 1. The Bertz CT molecular complexity index is 721. The lowest BCUT2D eigenvalue weighted by Crippen LogP contribution is -2.45. The van der Waals surface area contributed by atoms with E-state index in [1.807, 2.05) is 4.90 Å². The lowest BCUT2D eigenvalue weighted by molar-refractivity contribution is -0.139. The number of hydrogen-bond acceptors (Lipinski definition) is 6. The largest absolute Gasteiger partial charge is 0.469 e. The second-order valence-corrected chi connectivity index (χ2v) is 7.98. The smallest absolute Gasteiger partial charge is 0.311 e. The van der Waals surface area contributed by atoms with Gasteiger partial charge in [0, 0.05) is 19.2 Å². The Labute approximate surface area is 156 Å². The lowest BCUT2D eigenvalue weighted by atomic mass is 9.75. The molecule has 7 nitrogen and oxygen atoms in total. The van der Waals surface area contributed by atoms with Crippen molar-refractivity contribution in [3.63, 3.8) is 0 Å². The number of carbonyl (C=O) groups excluding carboxylic acids is 2. The van der Waals surface area contributed by atoms with Gasteiger partial charge in [-0.15, -0.1) is 0 Å².